The first-order valence-electron chi connectivity index (χ1n) is 4.83. The maximum Gasteiger partial charge on any atom is 0.311 e. The van der Waals surface area contributed by atoms with Crippen molar-refractivity contribution in [3.05, 3.63) is 34.1 Å². The van der Waals surface area contributed by atoms with Crippen molar-refractivity contribution in [2.45, 2.75) is 13.3 Å². The van der Waals surface area contributed by atoms with E-state index in [0.29, 0.717) is 0 Å². The lowest BCUT2D eigenvalue weighted by Crippen LogP contribution is -2.03. The van der Waals surface area contributed by atoms with Crippen molar-refractivity contribution < 1.29 is 9.90 Å². The fraction of sp³-hybridized carbons (Fsp3) is 0.200. The lowest BCUT2D eigenvalue weighted by molar-refractivity contribution is -0.136. The average Bonchev–Trinajstić information content (AvgIpc) is 2.69. The molecule has 0 spiro atoms. The zero-order valence-corrected chi connectivity index (χ0v) is 10.5. The van der Waals surface area contributed by atoms with E-state index in [4.69, 9.17) is 5.11 Å². The summed E-state index contributed by atoms with van der Waals surface area (Å²) in [6.07, 6.45) is -0.227. The summed E-state index contributed by atoms with van der Waals surface area (Å²) in [6, 6.07) is 5.59. The Hall–Kier alpha value is -1.76. The molecule has 17 heavy (non-hydrogen) atoms. The van der Waals surface area contributed by atoms with Crippen molar-refractivity contribution in [1.82, 2.24) is 20.2 Å². The summed E-state index contributed by atoms with van der Waals surface area (Å²) in [5.74, 6) is -0.783. The van der Waals surface area contributed by atoms with Crippen LogP contribution in [0.15, 0.2) is 22.7 Å². The van der Waals surface area contributed by atoms with Gasteiger partial charge in [-0.1, -0.05) is 15.9 Å². The highest BCUT2D eigenvalue weighted by Crippen LogP contribution is 2.18. The van der Waals surface area contributed by atoms with Crippen LogP contribution in [0.2, 0.25) is 0 Å². The molecule has 0 bridgehead atoms. The molecular formula is C10H9BrN4O2. The van der Waals surface area contributed by atoms with Crippen LogP contribution in [0.1, 0.15) is 11.4 Å². The second-order valence-electron chi connectivity index (χ2n) is 3.50. The van der Waals surface area contributed by atoms with Crippen molar-refractivity contribution in [3.63, 3.8) is 0 Å². The molecule has 0 amide bonds. The van der Waals surface area contributed by atoms with Crippen molar-refractivity contribution in [2.75, 3.05) is 0 Å². The molecule has 0 saturated heterocycles. The van der Waals surface area contributed by atoms with Crippen LogP contribution in [-0.2, 0) is 11.2 Å². The molecule has 7 heteroatoms. The van der Waals surface area contributed by atoms with Gasteiger partial charge in [0.05, 0.1) is 5.69 Å². The van der Waals surface area contributed by atoms with Gasteiger partial charge >= 0.3 is 5.97 Å². The molecule has 0 aliphatic rings. The number of aryl methyl sites for hydroxylation is 1. The lowest BCUT2D eigenvalue weighted by Gasteiger charge is -2.01. The summed E-state index contributed by atoms with van der Waals surface area (Å²) >= 11 is 3.40. The molecule has 6 nitrogen and oxygen atoms in total. The molecule has 1 N–H and O–H groups in total. The first-order valence-corrected chi connectivity index (χ1v) is 5.63. The molecule has 1 aromatic carbocycles. The first kappa shape index (κ1) is 11.7. The fourth-order valence-corrected chi connectivity index (χ4v) is 1.56. The third-order valence-corrected chi connectivity index (χ3v) is 3.03. The minimum absolute atomic E-state index is 0.193. The Bertz CT molecular complexity index is 567. The van der Waals surface area contributed by atoms with Gasteiger partial charge in [-0.15, -0.1) is 15.0 Å². The second kappa shape index (κ2) is 4.62. The van der Waals surface area contributed by atoms with Crippen LogP contribution < -0.4 is 0 Å². The molecule has 0 aliphatic heterocycles. The van der Waals surface area contributed by atoms with Gasteiger partial charge in [-0.05, 0) is 35.9 Å². The summed E-state index contributed by atoms with van der Waals surface area (Å²) in [7, 11) is 0. The van der Waals surface area contributed by atoms with Crippen LogP contribution in [0.3, 0.4) is 0 Å². The van der Waals surface area contributed by atoms with Crippen LogP contribution >= 0.6 is 15.9 Å². The standard InChI is InChI=1S/C10H9BrN4O2/c1-6-4-7(2-3-8(6)11)15-13-9(12-14-15)5-10(16)17/h2-4H,5H2,1H3,(H,16,17). The highest BCUT2D eigenvalue weighted by atomic mass is 79.9. The van der Waals surface area contributed by atoms with Gasteiger partial charge in [0.2, 0.25) is 0 Å². The van der Waals surface area contributed by atoms with Crippen LogP contribution in [-0.4, -0.2) is 31.3 Å². The first-order chi connectivity index (χ1) is 8.06. The number of hydrogen-bond acceptors (Lipinski definition) is 4. The van der Waals surface area contributed by atoms with E-state index in [1.807, 2.05) is 25.1 Å². The monoisotopic (exact) mass is 296 g/mol. The zero-order valence-electron chi connectivity index (χ0n) is 8.96. The largest absolute Gasteiger partial charge is 0.481 e. The minimum atomic E-state index is -0.975. The van der Waals surface area contributed by atoms with E-state index in [1.54, 1.807) is 0 Å². The molecule has 2 rings (SSSR count). The molecule has 1 aromatic heterocycles. The van der Waals surface area contributed by atoms with E-state index >= 15 is 0 Å². The number of aromatic nitrogens is 4. The number of benzene rings is 1. The van der Waals surface area contributed by atoms with Crippen molar-refractivity contribution in [1.29, 1.82) is 0 Å². The molecule has 0 radical (unpaired) electrons. The van der Waals surface area contributed by atoms with E-state index in [9.17, 15) is 4.79 Å². The van der Waals surface area contributed by atoms with Crippen LogP contribution in [0, 0.1) is 6.92 Å². The van der Waals surface area contributed by atoms with Gasteiger partial charge in [0.15, 0.2) is 5.82 Å². The predicted molar refractivity (Wildman–Crippen MR) is 62.9 cm³/mol. The Balaban J connectivity index is 2.30. The van der Waals surface area contributed by atoms with Crippen LogP contribution in [0.5, 0.6) is 0 Å². The average molecular weight is 297 g/mol. The Morgan fingerprint density at radius 1 is 1.53 bits per heavy atom. The maximum atomic E-state index is 10.5. The number of hydrogen-bond donors (Lipinski definition) is 1. The maximum absolute atomic E-state index is 10.5. The molecule has 2 aromatic rings. The number of rotatable bonds is 3. The molecule has 0 aliphatic carbocycles. The summed E-state index contributed by atoms with van der Waals surface area (Å²) in [5, 5.41) is 20.1. The normalized spacial score (nSPS) is 10.5. The van der Waals surface area contributed by atoms with Gasteiger partial charge in [0, 0.05) is 4.47 Å². The lowest BCUT2D eigenvalue weighted by atomic mass is 10.2. The second-order valence-corrected chi connectivity index (χ2v) is 4.35. The Morgan fingerprint density at radius 3 is 2.94 bits per heavy atom. The number of carboxylic acid groups (broad SMARTS) is 1. The third-order valence-electron chi connectivity index (χ3n) is 2.14. The van der Waals surface area contributed by atoms with Crippen molar-refractivity contribution in [3.8, 4) is 5.69 Å². The summed E-state index contributed by atoms with van der Waals surface area (Å²) in [6.45, 7) is 1.95. The third kappa shape index (κ3) is 2.68. The van der Waals surface area contributed by atoms with Crippen molar-refractivity contribution >= 4 is 21.9 Å². The van der Waals surface area contributed by atoms with Gasteiger partial charge in [-0.2, -0.15) is 0 Å². The number of carbonyl (C=O) groups is 1. The molecule has 0 unspecified atom stereocenters. The molecule has 1 heterocycles. The van der Waals surface area contributed by atoms with Crippen LogP contribution in [0.25, 0.3) is 5.69 Å². The topological polar surface area (TPSA) is 80.9 Å². The summed E-state index contributed by atoms with van der Waals surface area (Å²) < 4.78 is 0.993. The molecule has 0 atom stereocenters. The molecular weight excluding hydrogens is 288 g/mol. The zero-order chi connectivity index (χ0) is 12.4. The highest BCUT2D eigenvalue weighted by Gasteiger charge is 2.09. The SMILES string of the molecule is Cc1cc(-n2nnc(CC(=O)O)n2)ccc1Br. The molecule has 88 valence electrons. The van der Waals surface area contributed by atoms with Crippen LogP contribution in [0.4, 0.5) is 0 Å². The minimum Gasteiger partial charge on any atom is -0.481 e. The number of tetrazole rings is 1. The molecule has 0 saturated carbocycles. The van der Waals surface area contributed by atoms with Gasteiger partial charge in [-0.3, -0.25) is 4.79 Å². The smallest absolute Gasteiger partial charge is 0.311 e. The van der Waals surface area contributed by atoms with E-state index in [0.717, 1.165) is 15.7 Å². The number of nitrogens with zero attached hydrogens (tertiary/aromatic N) is 4. The number of aliphatic carboxylic acids is 1. The van der Waals surface area contributed by atoms with Gasteiger partial charge in [0.1, 0.15) is 6.42 Å². The van der Waals surface area contributed by atoms with Gasteiger partial charge in [0.25, 0.3) is 0 Å². The number of carboxylic acids is 1. The van der Waals surface area contributed by atoms with Crippen molar-refractivity contribution in [2.24, 2.45) is 0 Å². The molecule has 0 fully saturated rings. The van der Waals surface area contributed by atoms with E-state index < -0.39 is 5.97 Å². The Morgan fingerprint density at radius 2 is 2.29 bits per heavy atom. The highest BCUT2D eigenvalue weighted by molar-refractivity contribution is 9.10. The quantitative estimate of drug-likeness (QED) is 0.925. The summed E-state index contributed by atoms with van der Waals surface area (Å²) in [4.78, 5) is 11.8. The van der Waals surface area contributed by atoms with E-state index in [1.165, 1.54) is 4.80 Å². The number of halogens is 1. The predicted octanol–water partition coefficient (Wildman–Crippen LogP) is 1.36. The summed E-state index contributed by atoms with van der Waals surface area (Å²) in [5.41, 5.74) is 1.79. The Labute approximate surface area is 105 Å². The fourth-order valence-electron chi connectivity index (χ4n) is 1.31. The Kier molecular flexibility index (Phi) is 3.19. The van der Waals surface area contributed by atoms with Gasteiger partial charge < -0.3 is 5.11 Å². The van der Waals surface area contributed by atoms with Gasteiger partial charge in [-0.25, -0.2) is 0 Å². The van der Waals surface area contributed by atoms with E-state index in [2.05, 4.69) is 31.3 Å². The van der Waals surface area contributed by atoms with E-state index in [-0.39, 0.29) is 12.2 Å².